The van der Waals surface area contributed by atoms with Crippen LogP contribution in [0.3, 0.4) is 0 Å². The molecule has 14 atom stereocenters. The van der Waals surface area contributed by atoms with Crippen molar-refractivity contribution in [2.45, 2.75) is 119 Å². The average molecular weight is 567 g/mol. The summed E-state index contributed by atoms with van der Waals surface area (Å²) in [6.45, 7) is 3.61. The summed E-state index contributed by atoms with van der Waals surface area (Å²) in [6.07, 6.45) is -2.70. The van der Waals surface area contributed by atoms with E-state index in [9.17, 15) is 40.2 Å². The maximum atomic E-state index is 13.0. The molecule has 5 fully saturated rings. The second-order valence-corrected chi connectivity index (χ2v) is 13.5. The van der Waals surface area contributed by atoms with Gasteiger partial charge in [0.2, 0.25) is 0 Å². The molecule has 0 aromatic carbocycles. The molecule has 0 unspecified atom stereocenters. The standard InChI is InChI=1S/C29H42O11/c1-14-22(33)23(34)24(35)25(39-14)40-16-3-6-27(13-30)19-10-20(31)26(2)17(15-9-21(32)38-12-15)5-8-29(26,37)18(19)4-7-28(27,36)11-16/h9,13-14,16-20,22-25,31,33-37H,3-8,10-12H2,1-2H3/t14-,16-,17-,18-,19+,20-,22+,23-,24-,25+,26+,27+,28+,29+/m1/s1. The Bertz CT molecular complexity index is 1080. The lowest BCUT2D eigenvalue weighted by molar-refractivity contribution is -0.319. The Hall–Kier alpha value is -1.44. The van der Waals surface area contributed by atoms with E-state index in [1.165, 1.54) is 6.08 Å². The monoisotopic (exact) mass is 566 g/mol. The smallest absolute Gasteiger partial charge is 0.331 e. The van der Waals surface area contributed by atoms with E-state index < -0.39 is 76.8 Å². The van der Waals surface area contributed by atoms with Gasteiger partial charge in [-0.05, 0) is 75.2 Å². The van der Waals surface area contributed by atoms with Crippen molar-refractivity contribution in [2.75, 3.05) is 6.61 Å². The lowest BCUT2D eigenvalue weighted by atomic mass is 9.41. The van der Waals surface area contributed by atoms with E-state index >= 15 is 0 Å². The minimum Gasteiger partial charge on any atom is -0.458 e. The number of cyclic esters (lactones) is 1. The number of hydrogen-bond acceptors (Lipinski definition) is 11. The summed E-state index contributed by atoms with van der Waals surface area (Å²) >= 11 is 0. The first-order valence-electron chi connectivity index (χ1n) is 14.6. The summed E-state index contributed by atoms with van der Waals surface area (Å²) in [5.41, 5.74) is -4.09. The normalized spacial score (nSPS) is 56.0. The molecule has 0 aromatic rings. The number of carbonyl (C=O) groups is 2. The molecule has 0 spiro atoms. The van der Waals surface area contributed by atoms with Crippen molar-refractivity contribution in [3.05, 3.63) is 11.6 Å². The molecule has 11 nitrogen and oxygen atoms in total. The fraction of sp³-hybridized carbons (Fsp3) is 0.862. The minimum atomic E-state index is -1.47. The first-order valence-corrected chi connectivity index (χ1v) is 14.6. The number of hydrogen-bond donors (Lipinski definition) is 6. The molecule has 4 aliphatic carbocycles. The fourth-order valence-corrected chi connectivity index (χ4v) is 9.74. The molecular weight excluding hydrogens is 524 g/mol. The molecule has 11 heteroatoms. The van der Waals surface area contributed by atoms with E-state index in [0.717, 1.165) is 11.9 Å². The Labute approximate surface area is 233 Å². The number of carbonyl (C=O) groups excluding carboxylic acids is 2. The highest BCUT2D eigenvalue weighted by molar-refractivity contribution is 5.85. The van der Waals surface area contributed by atoms with Gasteiger partial charge in [0.05, 0.1) is 34.9 Å². The van der Waals surface area contributed by atoms with Gasteiger partial charge in [-0.15, -0.1) is 0 Å². The first kappa shape index (κ1) is 28.7. The molecule has 6 rings (SSSR count). The van der Waals surface area contributed by atoms with Crippen LogP contribution in [0.4, 0.5) is 0 Å². The number of ether oxygens (including phenoxy) is 3. The summed E-state index contributed by atoms with van der Waals surface area (Å²) < 4.78 is 16.8. The van der Waals surface area contributed by atoms with Crippen molar-refractivity contribution >= 4 is 12.3 Å². The van der Waals surface area contributed by atoms with Crippen molar-refractivity contribution in [1.29, 1.82) is 0 Å². The molecule has 0 aromatic heterocycles. The van der Waals surface area contributed by atoms with E-state index in [4.69, 9.17) is 14.2 Å². The van der Waals surface area contributed by atoms with Crippen molar-refractivity contribution in [1.82, 2.24) is 0 Å². The van der Waals surface area contributed by atoms with Gasteiger partial charge in [-0.3, -0.25) is 0 Å². The topological polar surface area (TPSA) is 183 Å². The largest absolute Gasteiger partial charge is 0.458 e. The van der Waals surface area contributed by atoms with Crippen molar-refractivity contribution < 1.29 is 54.4 Å². The van der Waals surface area contributed by atoms with E-state index in [2.05, 4.69) is 0 Å². The van der Waals surface area contributed by atoms with Crippen LogP contribution in [0, 0.1) is 28.6 Å². The Morgan fingerprint density at radius 3 is 2.42 bits per heavy atom. The van der Waals surface area contributed by atoms with E-state index in [1.54, 1.807) is 6.92 Å². The quantitative estimate of drug-likeness (QED) is 0.149. The third-order valence-corrected chi connectivity index (χ3v) is 12.1. The van der Waals surface area contributed by atoms with Gasteiger partial charge < -0.3 is 49.6 Å². The third-order valence-electron chi connectivity index (χ3n) is 12.1. The number of esters is 1. The molecule has 4 saturated carbocycles. The number of aliphatic hydroxyl groups is 6. The third kappa shape index (κ3) is 3.71. The van der Waals surface area contributed by atoms with E-state index in [0.29, 0.717) is 25.7 Å². The number of fused-ring (bicyclic) bond motifs is 5. The van der Waals surface area contributed by atoms with Gasteiger partial charge in [0.25, 0.3) is 0 Å². The Balaban J connectivity index is 1.25. The van der Waals surface area contributed by atoms with E-state index in [-0.39, 0.29) is 44.1 Å². The molecule has 2 heterocycles. The molecular formula is C29H42O11. The van der Waals surface area contributed by atoms with Crippen LogP contribution >= 0.6 is 0 Å². The molecule has 6 N–H and O–H groups in total. The second-order valence-electron chi connectivity index (χ2n) is 13.5. The molecule has 1 saturated heterocycles. The van der Waals surface area contributed by atoms with Crippen LogP contribution in [0.2, 0.25) is 0 Å². The second kappa shape index (κ2) is 9.54. The van der Waals surface area contributed by atoms with Gasteiger partial charge in [0, 0.05) is 17.9 Å². The van der Waals surface area contributed by atoms with Crippen LogP contribution in [0.1, 0.15) is 65.2 Å². The Morgan fingerprint density at radius 1 is 1.00 bits per heavy atom. The van der Waals surface area contributed by atoms with Gasteiger partial charge in [-0.25, -0.2) is 4.79 Å². The number of aldehydes is 1. The van der Waals surface area contributed by atoms with Crippen molar-refractivity contribution in [3.8, 4) is 0 Å². The number of aliphatic hydroxyl groups excluding tert-OH is 4. The van der Waals surface area contributed by atoms with Crippen LogP contribution < -0.4 is 0 Å². The highest BCUT2D eigenvalue weighted by atomic mass is 16.7. The zero-order valence-electron chi connectivity index (χ0n) is 23.0. The van der Waals surface area contributed by atoms with Gasteiger partial charge in [-0.1, -0.05) is 6.92 Å². The fourth-order valence-electron chi connectivity index (χ4n) is 9.74. The van der Waals surface area contributed by atoms with Crippen molar-refractivity contribution in [2.24, 2.45) is 28.6 Å². The molecule has 224 valence electrons. The van der Waals surface area contributed by atoms with Crippen LogP contribution in [0.25, 0.3) is 0 Å². The molecule has 2 aliphatic heterocycles. The van der Waals surface area contributed by atoms with Crippen LogP contribution in [0.5, 0.6) is 0 Å². The van der Waals surface area contributed by atoms with Crippen LogP contribution in [-0.4, -0.2) is 104 Å². The van der Waals surface area contributed by atoms with E-state index in [1.807, 2.05) is 6.92 Å². The molecule has 0 radical (unpaired) electrons. The molecule has 0 amide bonds. The highest BCUT2D eigenvalue weighted by Gasteiger charge is 2.74. The summed E-state index contributed by atoms with van der Waals surface area (Å²) in [5, 5.41) is 66.7. The first-order chi connectivity index (χ1) is 18.8. The maximum absolute atomic E-state index is 13.0. The summed E-state index contributed by atoms with van der Waals surface area (Å²) in [6, 6.07) is 0. The SMILES string of the molecule is C[C@H]1O[C@@H](O[C@@H]2CC[C@]3(C=O)[C@H]4C[C@@H](O)[C@]5(C)[C@@H](C6=CC(=O)OC6)CC[C@]5(O)[C@@H]4CC[C@]3(O)C2)[C@H](O)[C@H](O)[C@H]1O. The van der Waals surface area contributed by atoms with Gasteiger partial charge in [-0.2, -0.15) is 0 Å². The van der Waals surface area contributed by atoms with Crippen LogP contribution in [-0.2, 0) is 23.8 Å². The van der Waals surface area contributed by atoms with Gasteiger partial charge in [0.15, 0.2) is 6.29 Å². The van der Waals surface area contributed by atoms with Crippen LogP contribution in [0.15, 0.2) is 11.6 Å². The molecule has 6 aliphatic rings. The zero-order valence-corrected chi connectivity index (χ0v) is 23.0. The lowest BCUT2D eigenvalue weighted by Gasteiger charge is -2.66. The van der Waals surface area contributed by atoms with Gasteiger partial charge in [0.1, 0.15) is 31.2 Å². The zero-order chi connectivity index (χ0) is 28.8. The Morgan fingerprint density at radius 2 is 1.75 bits per heavy atom. The Kier molecular flexibility index (Phi) is 6.83. The minimum absolute atomic E-state index is 0.0926. The lowest BCUT2D eigenvalue weighted by Crippen LogP contribution is -2.71. The number of rotatable bonds is 4. The average Bonchev–Trinajstić information content (AvgIpc) is 3.46. The summed E-state index contributed by atoms with van der Waals surface area (Å²) in [7, 11) is 0. The molecule has 0 bridgehead atoms. The highest BCUT2D eigenvalue weighted by Crippen LogP contribution is 2.70. The predicted molar refractivity (Wildman–Crippen MR) is 136 cm³/mol. The predicted octanol–water partition coefficient (Wildman–Crippen LogP) is -0.279. The molecule has 40 heavy (non-hydrogen) atoms. The maximum Gasteiger partial charge on any atom is 0.331 e. The summed E-state index contributed by atoms with van der Waals surface area (Å²) in [5.74, 6) is -1.42. The van der Waals surface area contributed by atoms with Crippen molar-refractivity contribution in [3.63, 3.8) is 0 Å². The van der Waals surface area contributed by atoms with Gasteiger partial charge >= 0.3 is 5.97 Å². The summed E-state index contributed by atoms with van der Waals surface area (Å²) in [4.78, 5) is 24.8.